The number of aromatic carboxylic acids is 1. The predicted molar refractivity (Wildman–Crippen MR) is 78.9 cm³/mol. The van der Waals surface area contributed by atoms with Crippen molar-refractivity contribution >= 4 is 5.97 Å². The van der Waals surface area contributed by atoms with Gasteiger partial charge in [0.05, 0.1) is 12.2 Å². The van der Waals surface area contributed by atoms with Gasteiger partial charge in [-0.3, -0.25) is 0 Å². The molecule has 1 unspecified atom stereocenters. The fraction of sp³-hybridized carbons (Fsp3) is 0.588. The van der Waals surface area contributed by atoms with E-state index in [1.807, 2.05) is 13.0 Å². The largest absolute Gasteiger partial charge is 0.489 e. The van der Waals surface area contributed by atoms with Gasteiger partial charge in [0.25, 0.3) is 0 Å². The van der Waals surface area contributed by atoms with E-state index in [9.17, 15) is 9.90 Å². The molecule has 4 heteroatoms. The van der Waals surface area contributed by atoms with Crippen LogP contribution in [0, 0.1) is 6.92 Å². The molecule has 1 aromatic rings. The van der Waals surface area contributed by atoms with Crippen LogP contribution in [0.15, 0.2) is 18.2 Å². The lowest BCUT2D eigenvalue weighted by Crippen LogP contribution is -2.41. The summed E-state index contributed by atoms with van der Waals surface area (Å²) in [7, 11) is 0. The molecule has 21 heavy (non-hydrogen) atoms. The third-order valence-corrected chi connectivity index (χ3v) is 4.62. The van der Waals surface area contributed by atoms with E-state index in [2.05, 4.69) is 0 Å². The average Bonchev–Trinajstić information content (AvgIpc) is 2.88. The Hall–Kier alpha value is -1.55. The van der Waals surface area contributed by atoms with Crippen molar-refractivity contribution in [2.45, 2.75) is 57.2 Å². The third kappa shape index (κ3) is 3.05. The molecule has 1 spiro atoms. The van der Waals surface area contributed by atoms with E-state index in [1.165, 1.54) is 12.8 Å². The van der Waals surface area contributed by atoms with Crippen LogP contribution < -0.4 is 4.74 Å². The Morgan fingerprint density at radius 2 is 2.14 bits per heavy atom. The van der Waals surface area contributed by atoms with Crippen molar-refractivity contribution in [3.63, 3.8) is 0 Å². The van der Waals surface area contributed by atoms with Crippen LogP contribution in [-0.2, 0) is 4.74 Å². The number of carbonyl (C=O) groups is 1. The van der Waals surface area contributed by atoms with Gasteiger partial charge in [-0.05, 0) is 31.9 Å². The summed E-state index contributed by atoms with van der Waals surface area (Å²) in [5, 5.41) is 9.32. The summed E-state index contributed by atoms with van der Waals surface area (Å²) in [5.41, 5.74) is 1.16. The Balaban J connectivity index is 1.75. The second-order valence-electron chi connectivity index (χ2n) is 6.28. The van der Waals surface area contributed by atoms with Crippen LogP contribution in [0.4, 0.5) is 0 Å². The van der Waals surface area contributed by atoms with Crippen LogP contribution in [0.25, 0.3) is 0 Å². The number of ether oxygens (including phenoxy) is 2. The first-order valence-electron chi connectivity index (χ1n) is 7.73. The van der Waals surface area contributed by atoms with Crippen LogP contribution in [0.3, 0.4) is 0 Å². The van der Waals surface area contributed by atoms with E-state index in [0.717, 1.165) is 31.2 Å². The van der Waals surface area contributed by atoms with E-state index >= 15 is 0 Å². The molecule has 0 radical (unpaired) electrons. The summed E-state index contributed by atoms with van der Waals surface area (Å²) in [6, 6.07) is 5.34. The van der Waals surface area contributed by atoms with Crippen molar-refractivity contribution in [2.24, 2.45) is 0 Å². The lowest BCUT2D eigenvalue weighted by Gasteiger charge is -2.38. The Morgan fingerprint density at radius 1 is 1.38 bits per heavy atom. The first-order chi connectivity index (χ1) is 10.1. The molecule has 1 saturated heterocycles. The fourth-order valence-corrected chi connectivity index (χ4v) is 3.54. The van der Waals surface area contributed by atoms with Crippen molar-refractivity contribution < 1.29 is 19.4 Å². The molecule has 4 nitrogen and oxygen atoms in total. The van der Waals surface area contributed by atoms with Crippen molar-refractivity contribution in [3.8, 4) is 5.75 Å². The van der Waals surface area contributed by atoms with Gasteiger partial charge in [0.2, 0.25) is 0 Å². The first kappa shape index (κ1) is 14.4. The van der Waals surface area contributed by atoms with Gasteiger partial charge >= 0.3 is 5.97 Å². The van der Waals surface area contributed by atoms with Crippen LogP contribution in [-0.4, -0.2) is 29.4 Å². The number of hydrogen-bond donors (Lipinski definition) is 1. The maximum atomic E-state index is 11.4. The van der Waals surface area contributed by atoms with Crippen LogP contribution in [0.2, 0.25) is 0 Å². The minimum atomic E-state index is -0.934. The van der Waals surface area contributed by atoms with Crippen LogP contribution in [0.5, 0.6) is 5.75 Å². The molecule has 0 bridgehead atoms. The third-order valence-electron chi connectivity index (χ3n) is 4.62. The van der Waals surface area contributed by atoms with Crippen LogP contribution >= 0.6 is 0 Å². The van der Waals surface area contributed by atoms with Crippen molar-refractivity contribution in [1.82, 2.24) is 0 Å². The molecule has 2 fully saturated rings. The monoisotopic (exact) mass is 290 g/mol. The normalized spacial score (nSPS) is 24.1. The second-order valence-corrected chi connectivity index (χ2v) is 6.28. The second kappa shape index (κ2) is 5.68. The molecule has 2 aliphatic rings. The van der Waals surface area contributed by atoms with E-state index in [0.29, 0.717) is 12.4 Å². The van der Waals surface area contributed by atoms with Gasteiger partial charge < -0.3 is 14.6 Å². The number of aryl methyl sites for hydroxylation is 1. The molecule has 1 atom stereocenters. The molecule has 0 amide bonds. The van der Waals surface area contributed by atoms with Gasteiger partial charge in [-0.15, -0.1) is 0 Å². The maximum Gasteiger partial charge on any atom is 0.339 e. The summed E-state index contributed by atoms with van der Waals surface area (Å²) >= 11 is 0. The molecular weight excluding hydrogens is 268 g/mol. The number of carboxylic acids is 1. The minimum Gasteiger partial charge on any atom is -0.489 e. The molecule has 114 valence electrons. The Bertz CT molecular complexity index is 532. The fourth-order valence-electron chi connectivity index (χ4n) is 3.54. The van der Waals surface area contributed by atoms with Crippen LogP contribution in [0.1, 0.15) is 54.4 Å². The number of rotatable bonds is 3. The SMILES string of the molecule is Cc1ccc(OC2CCOC3(CCCC3)C2)c(C(=O)O)c1. The molecule has 3 rings (SSSR count). The standard InChI is InChI=1S/C17H22O4/c1-12-4-5-15(14(10-12)16(18)19)21-13-6-9-20-17(11-13)7-2-3-8-17/h4-5,10,13H,2-3,6-9,11H2,1H3,(H,18,19). The summed E-state index contributed by atoms with van der Waals surface area (Å²) in [6.45, 7) is 2.59. The van der Waals surface area contributed by atoms with Crippen molar-refractivity contribution in [1.29, 1.82) is 0 Å². The average molecular weight is 290 g/mol. The van der Waals surface area contributed by atoms with Crippen molar-refractivity contribution in [2.75, 3.05) is 6.61 Å². The quantitative estimate of drug-likeness (QED) is 0.924. The minimum absolute atomic E-state index is 0.0169. The van der Waals surface area contributed by atoms with Gasteiger partial charge in [0, 0.05) is 12.8 Å². The number of hydrogen-bond acceptors (Lipinski definition) is 3. The zero-order valence-electron chi connectivity index (χ0n) is 12.4. The topological polar surface area (TPSA) is 55.8 Å². The Kier molecular flexibility index (Phi) is 3.89. The van der Waals surface area contributed by atoms with E-state index in [4.69, 9.17) is 9.47 Å². The smallest absolute Gasteiger partial charge is 0.339 e. The lowest BCUT2D eigenvalue weighted by atomic mass is 9.90. The highest BCUT2D eigenvalue weighted by atomic mass is 16.5. The summed E-state index contributed by atoms with van der Waals surface area (Å²) in [5.74, 6) is -0.454. The summed E-state index contributed by atoms with van der Waals surface area (Å²) in [6.07, 6.45) is 6.40. The zero-order valence-corrected chi connectivity index (χ0v) is 12.4. The van der Waals surface area contributed by atoms with Gasteiger partial charge in [-0.1, -0.05) is 24.5 Å². The van der Waals surface area contributed by atoms with E-state index < -0.39 is 5.97 Å². The highest BCUT2D eigenvalue weighted by Gasteiger charge is 2.40. The van der Waals surface area contributed by atoms with Gasteiger partial charge in [-0.25, -0.2) is 4.79 Å². The molecule has 1 saturated carbocycles. The Labute approximate surface area is 125 Å². The van der Waals surface area contributed by atoms with E-state index in [1.54, 1.807) is 12.1 Å². The van der Waals surface area contributed by atoms with Gasteiger partial charge in [0.1, 0.15) is 17.4 Å². The zero-order chi connectivity index (χ0) is 14.9. The highest BCUT2D eigenvalue weighted by molar-refractivity contribution is 5.91. The Morgan fingerprint density at radius 3 is 2.86 bits per heavy atom. The lowest BCUT2D eigenvalue weighted by molar-refractivity contribution is -0.108. The van der Waals surface area contributed by atoms with Gasteiger partial charge in [0.15, 0.2) is 0 Å². The van der Waals surface area contributed by atoms with E-state index in [-0.39, 0.29) is 17.3 Å². The molecule has 1 aromatic carbocycles. The maximum absolute atomic E-state index is 11.4. The molecular formula is C17H22O4. The number of carboxylic acid groups (broad SMARTS) is 1. The predicted octanol–water partition coefficient (Wildman–Crippen LogP) is 3.56. The summed E-state index contributed by atoms with van der Waals surface area (Å²) < 4.78 is 12.0. The molecule has 1 N–H and O–H groups in total. The molecule has 1 aliphatic carbocycles. The molecule has 1 aliphatic heterocycles. The number of benzene rings is 1. The molecule has 1 heterocycles. The van der Waals surface area contributed by atoms with Gasteiger partial charge in [-0.2, -0.15) is 0 Å². The highest BCUT2D eigenvalue weighted by Crippen LogP contribution is 2.41. The summed E-state index contributed by atoms with van der Waals surface area (Å²) in [4.78, 5) is 11.4. The molecule has 0 aromatic heterocycles. The first-order valence-corrected chi connectivity index (χ1v) is 7.73. The van der Waals surface area contributed by atoms with Crippen molar-refractivity contribution in [3.05, 3.63) is 29.3 Å².